The van der Waals surface area contributed by atoms with E-state index in [0.717, 1.165) is 24.3 Å². The molecule has 1 heterocycles. The van der Waals surface area contributed by atoms with Crippen molar-refractivity contribution >= 4 is 33.8 Å². The summed E-state index contributed by atoms with van der Waals surface area (Å²) in [7, 11) is 0. The van der Waals surface area contributed by atoms with Crippen LogP contribution in [0.2, 0.25) is 0 Å². The van der Waals surface area contributed by atoms with Gasteiger partial charge in [0.25, 0.3) is 5.69 Å². The number of nitrogens with one attached hydrogen (secondary N) is 1. The number of phenolic OH excluding ortho intramolecular Hbond substituents is 1. The third-order valence-corrected chi connectivity index (χ3v) is 4.77. The minimum Gasteiger partial charge on any atom is -0.502 e. The van der Waals surface area contributed by atoms with Gasteiger partial charge in [0.1, 0.15) is 5.82 Å². The van der Waals surface area contributed by atoms with Crippen molar-refractivity contribution in [3.05, 3.63) is 86.5 Å². The molecule has 0 spiro atoms. The van der Waals surface area contributed by atoms with Crippen LogP contribution in [0.5, 0.6) is 5.75 Å². The summed E-state index contributed by atoms with van der Waals surface area (Å²) >= 11 is 0. The highest BCUT2D eigenvalue weighted by Gasteiger charge is 2.30. The molecule has 0 saturated heterocycles. The predicted molar refractivity (Wildman–Crippen MR) is 115 cm³/mol. The minimum atomic E-state index is -4.60. The molecule has 0 atom stereocenters. The first kappa shape index (κ1) is 22.4. The first-order chi connectivity index (χ1) is 16.0. The summed E-state index contributed by atoms with van der Waals surface area (Å²) < 4.78 is 39.5. The molecule has 4 aromatic rings. The number of phenols is 1. The van der Waals surface area contributed by atoms with Crippen LogP contribution in [-0.2, 0) is 6.18 Å². The fraction of sp³-hybridized carbons (Fsp3) is 0.0476. The normalized spacial score (nSPS) is 11.4. The molecule has 172 valence electrons. The maximum absolute atomic E-state index is 13.2. The molecule has 34 heavy (non-hydrogen) atoms. The standard InChI is InChI=1S/C21H12F3N5O5/c22-21(23,24)12-3-1-2-11(8-12)19-26-16-6-5-14(28(31)32)10-15(16)20(27-19)25-13-4-7-18(30)17(9-13)29(33)34/h1-10,30H,(H,25,26,27). The third kappa shape index (κ3) is 4.39. The molecule has 2 N–H and O–H groups in total. The Balaban J connectivity index is 1.90. The molecule has 13 heteroatoms. The van der Waals surface area contributed by atoms with E-state index in [1.807, 2.05) is 0 Å². The van der Waals surface area contributed by atoms with E-state index in [0.29, 0.717) is 0 Å². The highest BCUT2D eigenvalue weighted by molar-refractivity contribution is 5.94. The lowest BCUT2D eigenvalue weighted by Gasteiger charge is -2.12. The molecule has 0 fully saturated rings. The summed E-state index contributed by atoms with van der Waals surface area (Å²) in [5, 5.41) is 35.0. The molecule has 0 radical (unpaired) electrons. The van der Waals surface area contributed by atoms with Crippen LogP contribution < -0.4 is 5.32 Å². The first-order valence-electron chi connectivity index (χ1n) is 9.41. The van der Waals surface area contributed by atoms with Gasteiger partial charge in [0.15, 0.2) is 11.6 Å². The van der Waals surface area contributed by atoms with E-state index in [9.17, 15) is 38.5 Å². The molecule has 1 aromatic heterocycles. The van der Waals surface area contributed by atoms with E-state index >= 15 is 0 Å². The van der Waals surface area contributed by atoms with E-state index in [2.05, 4.69) is 15.3 Å². The maximum Gasteiger partial charge on any atom is 0.416 e. The molecule has 0 aliphatic rings. The zero-order valence-electron chi connectivity index (χ0n) is 16.8. The van der Waals surface area contributed by atoms with E-state index in [1.54, 1.807) is 0 Å². The van der Waals surface area contributed by atoms with Crippen molar-refractivity contribution in [3.8, 4) is 17.1 Å². The van der Waals surface area contributed by atoms with Gasteiger partial charge in [-0.15, -0.1) is 0 Å². The van der Waals surface area contributed by atoms with E-state index in [1.165, 1.54) is 36.4 Å². The number of hydrogen-bond donors (Lipinski definition) is 2. The Morgan fingerprint density at radius 1 is 0.912 bits per heavy atom. The van der Waals surface area contributed by atoms with Crippen LogP contribution >= 0.6 is 0 Å². The van der Waals surface area contributed by atoms with E-state index in [-0.39, 0.29) is 39.5 Å². The summed E-state index contributed by atoms with van der Waals surface area (Å²) in [4.78, 5) is 29.4. The number of nitrogens with zero attached hydrogens (tertiary/aromatic N) is 4. The Morgan fingerprint density at radius 3 is 2.35 bits per heavy atom. The van der Waals surface area contributed by atoms with Crippen molar-refractivity contribution in [3.63, 3.8) is 0 Å². The zero-order valence-corrected chi connectivity index (χ0v) is 16.8. The summed E-state index contributed by atoms with van der Waals surface area (Å²) in [5.41, 5.74) is -1.49. The van der Waals surface area contributed by atoms with Crippen LogP contribution in [0.1, 0.15) is 5.56 Å². The Hall–Kier alpha value is -4.81. The Bertz CT molecular complexity index is 1460. The van der Waals surface area contributed by atoms with Crippen molar-refractivity contribution in [1.29, 1.82) is 0 Å². The van der Waals surface area contributed by atoms with Gasteiger partial charge in [-0.3, -0.25) is 20.2 Å². The fourth-order valence-corrected chi connectivity index (χ4v) is 3.17. The number of nitro groups is 2. The summed E-state index contributed by atoms with van der Waals surface area (Å²) in [6, 6.07) is 11.4. The number of non-ortho nitro benzene ring substituents is 1. The van der Waals surface area contributed by atoms with Crippen LogP contribution in [0.4, 0.5) is 36.1 Å². The number of anilines is 2. The minimum absolute atomic E-state index is 0.0369. The number of fused-ring (bicyclic) bond motifs is 1. The van der Waals surface area contributed by atoms with Gasteiger partial charge in [-0.1, -0.05) is 12.1 Å². The largest absolute Gasteiger partial charge is 0.502 e. The topological polar surface area (TPSA) is 144 Å². The van der Waals surface area contributed by atoms with E-state index in [4.69, 9.17) is 0 Å². The van der Waals surface area contributed by atoms with Crippen LogP contribution in [0.15, 0.2) is 60.7 Å². The van der Waals surface area contributed by atoms with Gasteiger partial charge in [0.2, 0.25) is 0 Å². The molecule has 10 nitrogen and oxygen atoms in total. The van der Waals surface area contributed by atoms with Crippen LogP contribution in [-0.4, -0.2) is 24.9 Å². The van der Waals surface area contributed by atoms with Crippen molar-refractivity contribution in [2.45, 2.75) is 6.18 Å². The number of nitro benzene ring substituents is 2. The molecular formula is C21H12F3N5O5. The molecule has 0 aliphatic carbocycles. The average Bonchev–Trinajstić information content (AvgIpc) is 2.79. The second kappa shape index (κ2) is 8.27. The number of rotatable bonds is 5. The van der Waals surface area contributed by atoms with Crippen LogP contribution in [0.3, 0.4) is 0 Å². The van der Waals surface area contributed by atoms with Gasteiger partial charge in [0, 0.05) is 34.8 Å². The number of benzene rings is 3. The first-order valence-corrected chi connectivity index (χ1v) is 9.41. The number of aromatic hydroxyl groups is 1. The lowest BCUT2D eigenvalue weighted by Crippen LogP contribution is -2.05. The fourth-order valence-electron chi connectivity index (χ4n) is 3.17. The van der Waals surface area contributed by atoms with Crippen molar-refractivity contribution in [1.82, 2.24) is 9.97 Å². The lowest BCUT2D eigenvalue weighted by atomic mass is 10.1. The molecule has 0 unspecified atom stereocenters. The van der Waals surface area contributed by atoms with Gasteiger partial charge < -0.3 is 10.4 Å². The second-order valence-electron chi connectivity index (χ2n) is 7.02. The smallest absolute Gasteiger partial charge is 0.416 e. The van der Waals surface area contributed by atoms with Gasteiger partial charge in [-0.2, -0.15) is 13.2 Å². The molecule has 4 rings (SSSR count). The average molecular weight is 471 g/mol. The van der Waals surface area contributed by atoms with Crippen molar-refractivity contribution < 1.29 is 28.1 Å². The second-order valence-corrected chi connectivity index (χ2v) is 7.02. The highest BCUT2D eigenvalue weighted by atomic mass is 19.4. The van der Waals surface area contributed by atoms with Gasteiger partial charge in [-0.05, 0) is 30.3 Å². The number of halogens is 3. The quantitative estimate of drug-likeness (QED) is 0.218. The summed E-state index contributed by atoms with van der Waals surface area (Å²) in [5.74, 6) is -0.729. The monoisotopic (exact) mass is 471 g/mol. The molecule has 0 amide bonds. The lowest BCUT2D eigenvalue weighted by molar-refractivity contribution is -0.385. The van der Waals surface area contributed by atoms with Gasteiger partial charge in [0.05, 0.1) is 20.9 Å². The zero-order chi connectivity index (χ0) is 24.6. The van der Waals surface area contributed by atoms with Crippen molar-refractivity contribution in [2.24, 2.45) is 0 Å². The SMILES string of the molecule is O=[N+]([O-])c1ccc2nc(-c3cccc(C(F)(F)F)c3)nc(Nc3ccc(O)c([N+](=O)[O-])c3)c2c1. The van der Waals surface area contributed by atoms with Crippen LogP contribution in [0, 0.1) is 20.2 Å². The highest BCUT2D eigenvalue weighted by Crippen LogP contribution is 2.35. The van der Waals surface area contributed by atoms with Crippen LogP contribution in [0.25, 0.3) is 22.3 Å². The number of alkyl halides is 3. The Morgan fingerprint density at radius 2 is 1.68 bits per heavy atom. The Kier molecular flexibility index (Phi) is 5.45. The summed E-state index contributed by atoms with van der Waals surface area (Å²) in [6.45, 7) is 0. The molecule has 0 saturated carbocycles. The molecule has 0 bridgehead atoms. The summed E-state index contributed by atoms with van der Waals surface area (Å²) in [6.07, 6.45) is -4.60. The Labute approximate surface area is 187 Å². The van der Waals surface area contributed by atoms with Gasteiger partial charge in [-0.25, -0.2) is 9.97 Å². The molecular weight excluding hydrogens is 459 g/mol. The van der Waals surface area contributed by atoms with Gasteiger partial charge >= 0.3 is 11.9 Å². The number of hydrogen-bond acceptors (Lipinski definition) is 8. The van der Waals surface area contributed by atoms with E-state index < -0.39 is 33.0 Å². The predicted octanol–water partition coefficient (Wildman–Crippen LogP) is 5.58. The molecule has 3 aromatic carbocycles. The third-order valence-electron chi connectivity index (χ3n) is 4.77. The van der Waals surface area contributed by atoms with Crippen molar-refractivity contribution in [2.75, 3.05) is 5.32 Å². The number of aromatic nitrogens is 2. The molecule has 0 aliphatic heterocycles. The maximum atomic E-state index is 13.2.